The van der Waals surface area contributed by atoms with Gasteiger partial charge in [0.2, 0.25) is 0 Å². The molecule has 0 atom stereocenters. The largest absolute Gasteiger partial charge is 0.386 e. The Balaban J connectivity index is 2.63. The summed E-state index contributed by atoms with van der Waals surface area (Å²) >= 11 is 0. The number of aromatic nitrogens is 2. The normalized spacial score (nSPS) is 11.9. The van der Waals surface area contributed by atoms with Crippen LogP contribution >= 0.6 is 0 Å². The molecule has 1 N–H and O–H groups in total. The van der Waals surface area contributed by atoms with Gasteiger partial charge < -0.3 is 5.11 Å². The van der Waals surface area contributed by atoms with Crippen LogP contribution in [0.1, 0.15) is 19.4 Å². The van der Waals surface area contributed by atoms with Crippen LogP contribution in [0.5, 0.6) is 0 Å². The van der Waals surface area contributed by atoms with Gasteiger partial charge in [0.05, 0.1) is 16.6 Å². The number of nitrogens with zero attached hydrogens (tertiary/aromatic N) is 2. The van der Waals surface area contributed by atoms with Crippen molar-refractivity contribution >= 4 is 11.0 Å². The molecule has 0 amide bonds. The molecule has 0 saturated heterocycles. The quantitative estimate of drug-likeness (QED) is 0.743. The average molecular weight is 188 g/mol. The van der Waals surface area contributed by atoms with Crippen molar-refractivity contribution in [3.05, 3.63) is 36.2 Å². The van der Waals surface area contributed by atoms with E-state index in [2.05, 4.69) is 9.97 Å². The molecule has 2 rings (SSSR count). The van der Waals surface area contributed by atoms with E-state index in [1.807, 2.05) is 18.2 Å². The molecule has 3 nitrogen and oxygen atoms in total. The predicted molar refractivity (Wildman–Crippen MR) is 54.8 cm³/mol. The van der Waals surface area contributed by atoms with E-state index in [1.54, 1.807) is 26.2 Å². The van der Waals surface area contributed by atoms with E-state index in [9.17, 15) is 5.11 Å². The molecule has 0 bridgehead atoms. The van der Waals surface area contributed by atoms with E-state index in [1.165, 1.54) is 0 Å². The Morgan fingerprint density at radius 2 is 1.71 bits per heavy atom. The molecular weight excluding hydrogens is 176 g/mol. The van der Waals surface area contributed by atoms with Crippen LogP contribution in [0.15, 0.2) is 30.6 Å². The molecule has 3 heteroatoms. The summed E-state index contributed by atoms with van der Waals surface area (Å²) < 4.78 is 0. The van der Waals surface area contributed by atoms with Gasteiger partial charge in [-0.15, -0.1) is 0 Å². The molecule has 1 aromatic heterocycles. The van der Waals surface area contributed by atoms with E-state index < -0.39 is 5.60 Å². The first-order chi connectivity index (χ1) is 6.57. The molecule has 1 aromatic carbocycles. The van der Waals surface area contributed by atoms with Crippen molar-refractivity contribution in [2.24, 2.45) is 0 Å². The van der Waals surface area contributed by atoms with Crippen LogP contribution in [-0.2, 0) is 5.60 Å². The fraction of sp³-hybridized carbons (Fsp3) is 0.273. The number of rotatable bonds is 1. The Morgan fingerprint density at radius 1 is 1.07 bits per heavy atom. The van der Waals surface area contributed by atoms with Gasteiger partial charge in [-0.25, -0.2) is 0 Å². The molecule has 0 saturated carbocycles. The number of aliphatic hydroxyl groups is 1. The lowest BCUT2D eigenvalue weighted by molar-refractivity contribution is 0.0787. The third-order valence-corrected chi connectivity index (χ3v) is 2.18. The fourth-order valence-corrected chi connectivity index (χ4v) is 1.34. The Labute approximate surface area is 82.4 Å². The Hall–Kier alpha value is -1.48. The molecule has 2 aromatic rings. The SMILES string of the molecule is CC(C)(O)c1ccc2nccnc2c1. The minimum atomic E-state index is -0.828. The van der Waals surface area contributed by atoms with Crippen LogP contribution in [-0.4, -0.2) is 15.1 Å². The molecule has 0 spiro atoms. The lowest BCUT2D eigenvalue weighted by atomic mass is 9.98. The standard InChI is InChI=1S/C11H12N2O/c1-11(2,14)8-3-4-9-10(7-8)13-6-5-12-9/h3-7,14H,1-2H3. The second-order valence-corrected chi connectivity index (χ2v) is 3.82. The highest BCUT2D eigenvalue weighted by Crippen LogP contribution is 2.22. The second kappa shape index (κ2) is 3.03. The Morgan fingerprint density at radius 3 is 2.36 bits per heavy atom. The highest BCUT2D eigenvalue weighted by Gasteiger charge is 2.15. The van der Waals surface area contributed by atoms with Crippen LogP contribution in [0.4, 0.5) is 0 Å². The number of hydrogen-bond acceptors (Lipinski definition) is 3. The van der Waals surface area contributed by atoms with Crippen LogP contribution in [0.25, 0.3) is 11.0 Å². The molecule has 0 aliphatic heterocycles. The summed E-state index contributed by atoms with van der Waals surface area (Å²) in [5.41, 5.74) is 1.68. The number of hydrogen-bond donors (Lipinski definition) is 1. The average Bonchev–Trinajstić information content (AvgIpc) is 2.16. The lowest BCUT2D eigenvalue weighted by Gasteiger charge is -2.17. The first-order valence-electron chi connectivity index (χ1n) is 4.51. The van der Waals surface area contributed by atoms with Crippen molar-refractivity contribution in [2.45, 2.75) is 19.4 Å². The number of fused-ring (bicyclic) bond motifs is 1. The van der Waals surface area contributed by atoms with Gasteiger partial charge in [-0.05, 0) is 31.5 Å². The number of benzene rings is 1. The van der Waals surface area contributed by atoms with Crippen molar-refractivity contribution in [1.82, 2.24) is 9.97 Å². The topological polar surface area (TPSA) is 46.0 Å². The third-order valence-electron chi connectivity index (χ3n) is 2.18. The summed E-state index contributed by atoms with van der Waals surface area (Å²) in [5.74, 6) is 0. The van der Waals surface area contributed by atoms with Crippen LogP contribution in [0.2, 0.25) is 0 Å². The molecule has 0 unspecified atom stereocenters. The zero-order valence-electron chi connectivity index (χ0n) is 8.23. The van der Waals surface area contributed by atoms with Gasteiger partial charge in [0.25, 0.3) is 0 Å². The van der Waals surface area contributed by atoms with Crippen molar-refractivity contribution in [3.8, 4) is 0 Å². The van der Waals surface area contributed by atoms with Crippen molar-refractivity contribution in [3.63, 3.8) is 0 Å². The zero-order valence-corrected chi connectivity index (χ0v) is 8.23. The van der Waals surface area contributed by atoms with E-state index >= 15 is 0 Å². The third kappa shape index (κ3) is 1.59. The van der Waals surface area contributed by atoms with Gasteiger partial charge in [0.15, 0.2) is 0 Å². The van der Waals surface area contributed by atoms with Crippen molar-refractivity contribution < 1.29 is 5.11 Å². The Bertz CT molecular complexity index is 460. The molecule has 0 aliphatic rings. The van der Waals surface area contributed by atoms with Gasteiger partial charge in [-0.3, -0.25) is 9.97 Å². The first kappa shape index (κ1) is 9.09. The molecule has 72 valence electrons. The molecule has 0 fully saturated rings. The lowest BCUT2D eigenvalue weighted by Crippen LogP contribution is -2.15. The van der Waals surface area contributed by atoms with Gasteiger partial charge in [-0.2, -0.15) is 0 Å². The van der Waals surface area contributed by atoms with Crippen molar-refractivity contribution in [1.29, 1.82) is 0 Å². The molecule has 14 heavy (non-hydrogen) atoms. The molecule has 0 aliphatic carbocycles. The maximum absolute atomic E-state index is 9.80. The maximum atomic E-state index is 9.80. The second-order valence-electron chi connectivity index (χ2n) is 3.82. The summed E-state index contributed by atoms with van der Waals surface area (Å²) in [4.78, 5) is 8.34. The van der Waals surface area contributed by atoms with Crippen LogP contribution in [0, 0.1) is 0 Å². The van der Waals surface area contributed by atoms with Crippen molar-refractivity contribution in [2.75, 3.05) is 0 Å². The summed E-state index contributed by atoms with van der Waals surface area (Å²) in [5, 5.41) is 9.80. The minimum absolute atomic E-state index is 0.812. The highest BCUT2D eigenvalue weighted by molar-refractivity contribution is 5.74. The molecule has 1 heterocycles. The van der Waals surface area contributed by atoms with Gasteiger partial charge >= 0.3 is 0 Å². The summed E-state index contributed by atoms with van der Waals surface area (Å²) in [6.45, 7) is 3.51. The predicted octanol–water partition coefficient (Wildman–Crippen LogP) is 1.86. The zero-order chi connectivity index (χ0) is 10.2. The fourth-order valence-electron chi connectivity index (χ4n) is 1.34. The molecular formula is C11H12N2O. The van der Waals surface area contributed by atoms with E-state index in [4.69, 9.17) is 0 Å². The monoisotopic (exact) mass is 188 g/mol. The Kier molecular flexibility index (Phi) is 1.97. The highest BCUT2D eigenvalue weighted by atomic mass is 16.3. The molecule has 0 radical (unpaired) electrons. The van der Waals surface area contributed by atoms with E-state index in [0.29, 0.717) is 0 Å². The smallest absolute Gasteiger partial charge is 0.0890 e. The van der Waals surface area contributed by atoms with Crippen LogP contribution < -0.4 is 0 Å². The van der Waals surface area contributed by atoms with Gasteiger partial charge in [-0.1, -0.05) is 6.07 Å². The van der Waals surface area contributed by atoms with Gasteiger partial charge in [0.1, 0.15) is 0 Å². The summed E-state index contributed by atoms with van der Waals surface area (Å²) in [7, 11) is 0. The van der Waals surface area contributed by atoms with Crippen LogP contribution in [0.3, 0.4) is 0 Å². The van der Waals surface area contributed by atoms with E-state index in [-0.39, 0.29) is 0 Å². The maximum Gasteiger partial charge on any atom is 0.0890 e. The summed E-state index contributed by atoms with van der Waals surface area (Å²) in [6.07, 6.45) is 3.31. The summed E-state index contributed by atoms with van der Waals surface area (Å²) in [6, 6.07) is 5.61. The van der Waals surface area contributed by atoms with Gasteiger partial charge in [0, 0.05) is 12.4 Å². The first-order valence-corrected chi connectivity index (χ1v) is 4.51. The van der Waals surface area contributed by atoms with E-state index in [0.717, 1.165) is 16.6 Å². The minimum Gasteiger partial charge on any atom is -0.386 e.